The Labute approximate surface area is 133 Å². The Balaban J connectivity index is 1.79. The first-order valence-electron chi connectivity index (χ1n) is 7.92. The van der Waals surface area contributed by atoms with Gasteiger partial charge in [-0.2, -0.15) is 0 Å². The van der Waals surface area contributed by atoms with E-state index in [0.717, 1.165) is 0 Å². The summed E-state index contributed by atoms with van der Waals surface area (Å²) in [5.41, 5.74) is -0.140. The number of ether oxygens (including phenoxy) is 1. The average molecular weight is 327 g/mol. The standard InChI is InChI=1S/C17H20F3NO2/c18-14-3-1-2-13(9-14)17(4-6-23-7-5-17)16(22)21-10-12(11-21)8-15(19)20/h1-3,9,12,15H,4-8,10-11H2. The Kier molecular flexibility index (Phi) is 4.62. The van der Waals surface area contributed by atoms with Crippen LogP contribution in [0.15, 0.2) is 24.3 Å². The molecule has 2 heterocycles. The molecule has 2 fully saturated rings. The van der Waals surface area contributed by atoms with Crippen LogP contribution in [0.25, 0.3) is 0 Å². The van der Waals surface area contributed by atoms with Gasteiger partial charge in [-0.25, -0.2) is 13.2 Å². The summed E-state index contributed by atoms with van der Waals surface area (Å²) in [4.78, 5) is 14.6. The van der Waals surface area contributed by atoms with E-state index in [1.165, 1.54) is 12.1 Å². The number of nitrogens with zero attached hydrogens (tertiary/aromatic N) is 1. The highest BCUT2D eigenvalue weighted by atomic mass is 19.3. The molecule has 23 heavy (non-hydrogen) atoms. The minimum atomic E-state index is -2.34. The maximum atomic E-state index is 13.6. The minimum Gasteiger partial charge on any atom is -0.381 e. The van der Waals surface area contributed by atoms with Gasteiger partial charge in [0, 0.05) is 32.7 Å². The lowest BCUT2D eigenvalue weighted by Crippen LogP contribution is -2.58. The molecule has 1 aromatic carbocycles. The van der Waals surface area contributed by atoms with Gasteiger partial charge in [0.1, 0.15) is 5.82 Å². The molecular weight excluding hydrogens is 307 g/mol. The van der Waals surface area contributed by atoms with E-state index in [9.17, 15) is 18.0 Å². The van der Waals surface area contributed by atoms with E-state index >= 15 is 0 Å². The van der Waals surface area contributed by atoms with E-state index in [2.05, 4.69) is 0 Å². The van der Waals surface area contributed by atoms with Crippen LogP contribution in [0.3, 0.4) is 0 Å². The van der Waals surface area contributed by atoms with Crippen molar-refractivity contribution < 1.29 is 22.7 Å². The zero-order chi connectivity index (χ0) is 16.4. The van der Waals surface area contributed by atoms with Gasteiger partial charge in [-0.05, 0) is 36.5 Å². The van der Waals surface area contributed by atoms with Crippen LogP contribution in [0.5, 0.6) is 0 Å². The maximum Gasteiger partial charge on any atom is 0.239 e. The number of rotatable bonds is 4. The summed E-state index contributed by atoms with van der Waals surface area (Å²) in [5.74, 6) is -0.597. The minimum absolute atomic E-state index is 0.0862. The Morgan fingerprint density at radius 1 is 1.30 bits per heavy atom. The van der Waals surface area contributed by atoms with Crippen LogP contribution in [0.1, 0.15) is 24.8 Å². The zero-order valence-corrected chi connectivity index (χ0v) is 12.8. The van der Waals surface area contributed by atoms with E-state index in [0.29, 0.717) is 44.7 Å². The number of likely N-dealkylation sites (tertiary alicyclic amines) is 1. The summed E-state index contributed by atoms with van der Waals surface area (Å²) in [6.07, 6.45) is -1.52. The number of halogens is 3. The number of benzene rings is 1. The molecule has 1 aromatic rings. The number of carbonyl (C=O) groups excluding carboxylic acids is 1. The van der Waals surface area contributed by atoms with E-state index in [4.69, 9.17) is 4.74 Å². The van der Waals surface area contributed by atoms with E-state index < -0.39 is 11.8 Å². The molecule has 2 aliphatic rings. The van der Waals surface area contributed by atoms with Crippen LogP contribution < -0.4 is 0 Å². The van der Waals surface area contributed by atoms with Crippen LogP contribution in [0.4, 0.5) is 13.2 Å². The second-order valence-corrected chi connectivity index (χ2v) is 6.41. The van der Waals surface area contributed by atoms with Crippen molar-refractivity contribution in [3.63, 3.8) is 0 Å². The predicted molar refractivity (Wildman–Crippen MR) is 78.8 cm³/mol. The monoisotopic (exact) mass is 327 g/mol. The van der Waals surface area contributed by atoms with Crippen LogP contribution in [0, 0.1) is 11.7 Å². The molecule has 0 radical (unpaired) electrons. The lowest BCUT2D eigenvalue weighted by molar-refractivity contribution is -0.149. The van der Waals surface area contributed by atoms with Crippen LogP contribution in [0.2, 0.25) is 0 Å². The average Bonchev–Trinajstić information content (AvgIpc) is 2.50. The molecule has 0 atom stereocenters. The van der Waals surface area contributed by atoms with E-state index in [1.807, 2.05) is 0 Å². The van der Waals surface area contributed by atoms with Gasteiger partial charge < -0.3 is 9.64 Å². The summed E-state index contributed by atoms with van der Waals surface area (Å²) in [7, 11) is 0. The van der Waals surface area contributed by atoms with Gasteiger partial charge in [0.05, 0.1) is 5.41 Å². The predicted octanol–water partition coefficient (Wildman–Crippen LogP) is 2.99. The van der Waals surface area contributed by atoms with Crippen molar-refractivity contribution in [3.05, 3.63) is 35.6 Å². The highest BCUT2D eigenvalue weighted by molar-refractivity contribution is 5.89. The van der Waals surface area contributed by atoms with Gasteiger partial charge in [-0.15, -0.1) is 0 Å². The van der Waals surface area contributed by atoms with Crippen molar-refractivity contribution in [1.82, 2.24) is 4.90 Å². The molecular formula is C17H20F3NO2. The van der Waals surface area contributed by atoms with E-state index in [1.54, 1.807) is 17.0 Å². The molecule has 0 unspecified atom stereocenters. The number of amides is 1. The zero-order valence-electron chi connectivity index (χ0n) is 12.8. The Morgan fingerprint density at radius 3 is 2.61 bits per heavy atom. The quantitative estimate of drug-likeness (QED) is 0.851. The molecule has 0 N–H and O–H groups in total. The molecule has 1 amide bonds. The molecule has 0 saturated carbocycles. The second kappa shape index (κ2) is 6.51. The number of hydrogen-bond donors (Lipinski definition) is 0. The summed E-state index contributed by atoms with van der Waals surface area (Å²) in [6.45, 7) is 1.61. The fraction of sp³-hybridized carbons (Fsp3) is 0.588. The van der Waals surface area contributed by atoms with Crippen molar-refractivity contribution in [2.24, 2.45) is 5.92 Å². The van der Waals surface area contributed by atoms with Gasteiger partial charge in [-0.1, -0.05) is 12.1 Å². The Morgan fingerprint density at radius 2 is 2.00 bits per heavy atom. The van der Waals surface area contributed by atoms with Crippen LogP contribution in [-0.2, 0) is 14.9 Å². The van der Waals surface area contributed by atoms with Gasteiger partial charge in [-0.3, -0.25) is 4.79 Å². The number of hydrogen-bond acceptors (Lipinski definition) is 2. The fourth-order valence-electron chi connectivity index (χ4n) is 3.57. The lowest BCUT2D eigenvalue weighted by Gasteiger charge is -2.46. The van der Waals surface area contributed by atoms with Gasteiger partial charge in [0.2, 0.25) is 12.3 Å². The fourth-order valence-corrected chi connectivity index (χ4v) is 3.57. The van der Waals surface area contributed by atoms with Crippen molar-refractivity contribution in [2.45, 2.75) is 31.1 Å². The largest absolute Gasteiger partial charge is 0.381 e. The van der Waals surface area contributed by atoms with Crippen LogP contribution >= 0.6 is 0 Å². The number of carbonyl (C=O) groups is 1. The molecule has 3 rings (SSSR count). The molecule has 0 aromatic heterocycles. The van der Waals surface area contributed by atoms with Crippen molar-refractivity contribution >= 4 is 5.91 Å². The summed E-state index contributed by atoms with van der Waals surface area (Å²) in [5, 5.41) is 0. The highest BCUT2D eigenvalue weighted by Crippen LogP contribution is 2.39. The first-order valence-corrected chi connectivity index (χ1v) is 7.92. The molecule has 0 bridgehead atoms. The molecule has 3 nitrogen and oxygen atoms in total. The van der Waals surface area contributed by atoms with Gasteiger partial charge >= 0.3 is 0 Å². The van der Waals surface area contributed by atoms with Gasteiger partial charge in [0.15, 0.2) is 0 Å². The van der Waals surface area contributed by atoms with Crippen LogP contribution in [-0.4, -0.2) is 43.5 Å². The smallest absolute Gasteiger partial charge is 0.239 e. The van der Waals surface area contributed by atoms with Crippen molar-refractivity contribution in [1.29, 1.82) is 0 Å². The lowest BCUT2D eigenvalue weighted by atomic mass is 9.72. The molecule has 2 aliphatic heterocycles. The second-order valence-electron chi connectivity index (χ2n) is 6.41. The molecule has 6 heteroatoms. The third-order valence-electron chi connectivity index (χ3n) is 4.89. The first-order chi connectivity index (χ1) is 11.0. The summed E-state index contributed by atoms with van der Waals surface area (Å²) >= 11 is 0. The summed E-state index contributed by atoms with van der Waals surface area (Å²) < 4.78 is 43.8. The highest BCUT2D eigenvalue weighted by Gasteiger charge is 2.47. The Hall–Kier alpha value is -1.56. The molecule has 0 aliphatic carbocycles. The van der Waals surface area contributed by atoms with Gasteiger partial charge in [0.25, 0.3) is 0 Å². The third-order valence-corrected chi connectivity index (χ3v) is 4.89. The molecule has 126 valence electrons. The van der Waals surface area contributed by atoms with Crippen molar-refractivity contribution in [3.8, 4) is 0 Å². The normalized spacial score (nSPS) is 21.3. The Bertz CT molecular complexity index is 567. The first kappa shape index (κ1) is 16.3. The molecule has 2 saturated heterocycles. The SMILES string of the molecule is O=C(N1CC(CC(F)F)C1)C1(c2cccc(F)c2)CCOCC1. The number of alkyl halides is 2. The summed E-state index contributed by atoms with van der Waals surface area (Å²) in [6, 6.07) is 6.12. The third kappa shape index (κ3) is 3.22. The van der Waals surface area contributed by atoms with Crippen molar-refractivity contribution in [2.75, 3.05) is 26.3 Å². The maximum absolute atomic E-state index is 13.6. The topological polar surface area (TPSA) is 29.5 Å². The molecule has 0 spiro atoms. The van der Waals surface area contributed by atoms with E-state index in [-0.39, 0.29) is 24.1 Å².